The summed E-state index contributed by atoms with van der Waals surface area (Å²) in [5.41, 5.74) is 2.19. The molecule has 0 atom stereocenters. The van der Waals surface area contributed by atoms with E-state index in [4.69, 9.17) is 19.2 Å². The van der Waals surface area contributed by atoms with Gasteiger partial charge in [0.05, 0.1) is 23.4 Å². The van der Waals surface area contributed by atoms with E-state index in [1.165, 1.54) is 11.8 Å². The van der Waals surface area contributed by atoms with E-state index in [0.29, 0.717) is 24.9 Å². The number of morpholine rings is 1. The van der Waals surface area contributed by atoms with Gasteiger partial charge in [-0.2, -0.15) is 0 Å². The first-order valence-corrected chi connectivity index (χ1v) is 11.0. The molecule has 2 aliphatic rings. The van der Waals surface area contributed by atoms with Crippen molar-refractivity contribution in [1.29, 1.82) is 0 Å². The minimum absolute atomic E-state index is 0.193. The molecule has 0 radical (unpaired) electrons. The van der Waals surface area contributed by atoms with Crippen LogP contribution < -0.4 is 4.90 Å². The zero-order valence-corrected chi connectivity index (χ0v) is 17.6. The van der Waals surface area contributed by atoms with Crippen LogP contribution in [0.3, 0.4) is 0 Å². The molecule has 0 N–H and O–H groups in total. The molecule has 0 bridgehead atoms. The molecule has 1 aromatic heterocycles. The summed E-state index contributed by atoms with van der Waals surface area (Å²) in [6.07, 6.45) is 3.25. The Morgan fingerprint density at radius 2 is 2.10 bits per heavy atom. The van der Waals surface area contributed by atoms with Crippen LogP contribution in [-0.2, 0) is 25.4 Å². The highest BCUT2D eigenvalue weighted by atomic mass is 32.1. The van der Waals surface area contributed by atoms with E-state index in [1.807, 2.05) is 6.07 Å². The number of nitrogens with zero attached hydrogens (tertiary/aromatic N) is 3. The zero-order valence-electron chi connectivity index (χ0n) is 16.8. The Balaban J connectivity index is 1.53. The van der Waals surface area contributed by atoms with Crippen molar-refractivity contribution in [1.82, 2.24) is 9.88 Å². The van der Waals surface area contributed by atoms with Crippen molar-refractivity contribution in [2.75, 3.05) is 57.5 Å². The van der Waals surface area contributed by atoms with E-state index in [1.54, 1.807) is 16.2 Å². The molecule has 2 aromatic rings. The van der Waals surface area contributed by atoms with Gasteiger partial charge < -0.3 is 14.2 Å². The fourth-order valence-electron chi connectivity index (χ4n) is 3.47. The smallest absolute Gasteiger partial charge is 0.298 e. The number of carbonyl (C=O) groups excluding carboxylic acids is 1. The van der Waals surface area contributed by atoms with Crippen LogP contribution in [-0.4, -0.2) is 68.4 Å². The average Bonchev–Trinajstić information content (AvgIpc) is 3.20. The number of benzene rings is 1. The molecule has 0 unspecified atom stereocenters. The van der Waals surface area contributed by atoms with Gasteiger partial charge in [0.1, 0.15) is 19.5 Å². The predicted molar refractivity (Wildman–Crippen MR) is 113 cm³/mol. The minimum atomic E-state index is -0.193. The number of carbonyl (C=O) groups is 1. The molecule has 2 aliphatic heterocycles. The van der Waals surface area contributed by atoms with E-state index in [9.17, 15) is 4.79 Å². The first-order valence-electron chi connectivity index (χ1n) is 10.2. The number of amides is 1. The second-order valence-electron chi connectivity index (χ2n) is 7.12. The van der Waals surface area contributed by atoms with Gasteiger partial charge >= 0.3 is 0 Å². The number of rotatable bonds is 7. The average molecular weight is 418 g/mol. The van der Waals surface area contributed by atoms with Crippen molar-refractivity contribution < 1.29 is 19.0 Å². The third-order valence-electron chi connectivity index (χ3n) is 5.15. The standard InChI is InChI=1S/C21H27N3O4S/c1-2-16-4-5-17-19(14-16)29-21(22-17)24(20(25)18-15-27-12-13-28-18)7-3-6-23-8-10-26-11-9-23/h4-5,14-15H,2-3,6-13H2,1H3. The van der Waals surface area contributed by atoms with E-state index >= 15 is 0 Å². The van der Waals surface area contributed by atoms with E-state index < -0.39 is 0 Å². The number of fused-ring (bicyclic) bond motifs is 1. The first kappa shape index (κ1) is 20.1. The quantitative estimate of drug-likeness (QED) is 0.690. The van der Waals surface area contributed by atoms with Crippen molar-refractivity contribution in [2.45, 2.75) is 19.8 Å². The molecule has 0 spiro atoms. The van der Waals surface area contributed by atoms with Gasteiger partial charge in [0.25, 0.3) is 5.91 Å². The van der Waals surface area contributed by atoms with Gasteiger partial charge in [-0.25, -0.2) is 4.98 Å². The monoisotopic (exact) mass is 417 g/mol. The number of thiazole rings is 1. The maximum Gasteiger partial charge on any atom is 0.298 e. The van der Waals surface area contributed by atoms with Crippen LogP contribution in [0.15, 0.2) is 30.2 Å². The van der Waals surface area contributed by atoms with Gasteiger partial charge in [-0.15, -0.1) is 0 Å². The molecular formula is C21H27N3O4S. The van der Waals surface area contributed by atoms with Crippen LogP contribution >= 0.6 is 11.3 Å². The van der Waals surface area contributed by atoms with Crippen molar-refractivity contribution in [3.05, 3.63) is 35.8 Å². The minimum Gasteiger partial charge on any atom is -0.494 e. The largest absolute Gasteiger partial charge is 0.494 e. The molecule has 3 heterocycles. The lowest BCUT2D eigenvalue weighted by molar-refractivity contribution is -0.119. The second-order valence-corrected chi connectivity index (χ2v) is 8.13. The molecule has 1 fully saturated rings. The van der Waals surface area contributed by atoms with Crippen LogP contribution in [0.5, 0.6) is 0 Å². The van der Waals surface area contributed by atoms with Crippen LogP contribution in [0, 0.1) is 0 Å². The molecule has 29 heavy (non-hydrogen) atoms. The number of ether oxygens (including phenoxy) is 3. The highest BCUT2D eigenvalue weighted by Gasteiger charge is 2.26. The number of hydrogen-bond donors (Lipinski definition) is 0. The Bertz CT molecular complexity index is 876. The maximum absolute atomic E-state index is 13.2. The van der Waals surface area contributed by atoms with Gasteiger partial charge in [-0.3, -0.25) is 14.6 Å². The predicted octanol–water partition coefficient (Wildman–Crippen LogP) is 2.80. The summed E-state index contributed by atoms with van der Waals surface area (Å²) in [5.74, 6) is 0.0533. The lowest BCUT2D eigenvalue weighted by atomic mass is 10.2. The van der Waals surface area contributed by atoms with Crippen LogP contribution in [0.25, 0.3) is 10.2 Å². The normalized spacial score (nSPS) is 17.5. The van der Waals surface area contributed by atoms with Gasteiger partial charge in [0, 0.05) is 26.2 Å². The van der Waals surface area contributed by atoms with Crippen molar-refractivity contribution in [3.8, 4) is 0 Å². The lowest BCUT2D eigenvalue weighted by Crippen LogP contribution is -2.40. The second kappa shape index (κ2) is 9.56. The third kappa shape index (κ3) is 4.88. The number of aromatic nitrogens is 1. The Kier molecular flexibility index (Phi) is 6.63. The highest BCUT2D eigenvalue weighted by Crippen LogP contribution is 2.31. The summed E-state index contributed by atoms with van der Waals surface area (Å²) in [6, 6.07) is 6.29. The summed E-state index contributed by atoms with van der Waals surface area (Å²) in [5, 5.41) is 0.704. The molecule has 156 valence electrons. The molecule has 8 heteroatoms. The Morgan fingerprint density at radius 1 is 1.24 bits per heavy atom. The van der Waals surface area contributed by atoms with Crippen molar-refractivity contribution in [2.24, 2.45) is 0 Å². The summed E-state index contributed by atoms with van der Waals surface area (Å²) >= 11 is 1.55. The van der Waals surface area contributed by atoms with Crippen LogP contribution in [0.4, 0.5) is 5.13 Å². The molecule has 4 rings (SSSR count). The molecule has 0 saturated carbocycles. The molecule has 1 aromatic carbocycles. The summed E-state index contributed by atoms with van der Waals surface area (Å²) < 4.78 is 17.4. The van der Waals surface area contributed by atoms with E-state index in [-0.39, 0.29) is 11.7 Å². The van der Waals surface area contributed by atoms with Gasteiger partial charge in [0.2, 0.25) is 5.76 Å². The summed E-state index contributed by atoms with van der Waals surface area (Å²) in [6.45, 7) is 7.93. The summed E-state index contributed by atoms with van der Waals surface area (Å²) in [4.78, 5) is 22.0. The Morgan fingerprint density at radius 3 is 2.86 bits per heavy atom. The van der Waals surface area contributed by atoms with Crippen molar-refractivity contribution >= 4 is 32.6 Å². The van der Waals surface area contributed by atoms with Gasteiger partial charge in [-0.1, -0.05) is 24.3 Å². The SMILES string of the molecule is CCc1ccc2nc(N(CCCN3CCOCC3)C(=O)C3=COCCO3)sc2c1. The van der Waals surface area contributed by atoms with Crippen LogP contribution in [0.2, 0.25) is 0 Å². The van der Waals surface area contributed by atoms with E-state index in [0.717, 1.165) is 55.9 Å². The van der Waals surface area contributed by atoms with Crippen molar-refractivity contribution in [3.63, 3.8) is 0 Å². The van der Waals surface area contributed by atoms with Gasteiger partial charge in [-0.05, 0) is 30.5 Å². The molecule has 1 amide bonds. The molecule has 7 nitrogen and oxygen atoms in total. The fraction of sp³-hybridized carbons (Fsp3) is 0.524. The zero-order chi connectivity index (χ0) is 20.1. The Labute approximate surface area is 174 Å². The Hall–Kier alpha value is -2.16. The molecule has 1 saturated heterocycles. The number of hydrogen-bond acceptors (Lipinski definition) is 7. The first-order chi connectivity index (χ1) is 14.2. The lowest BCUT2D eigenvalue weighted by Gasteiger charge is -2.28. The maximum atomic E-state index is 13.2. The summed E-state index contributed by atoms with van der Waals surface area (Å²) in [7, 11) is 0. The molecule has 0 aliphatic carbocycles. The topological polar surface area (TPSA) is 64.1 Å². The number of aryl methyl sites for hydroxylation is 1. The molecular weight excluding hydrogens is 390 g/mol. The van der Waals surface area contributed by atoms with E-state index in [2.05, 4.69) is 24.0 Å². The third-order valence-corrected chi connectivity index (χ3v) is 6.19. The number of anilines is 1. The fourth-order valence-corrected chi connectivity index (χ4v) is 4.52. The van der Waals surface area contributed by atoms with Crippen LogP contribution in [0.1, 0.15) is 18.9 Å². The van der Waals surface area contributed by atoms with Gasteiger partial charge in [0.15, 0.2) is 5.13 Å². The highest BCUT2D eigenvalue weighted by molar-refractivity contribution is 7.22.